The molecule has 0 aliphatic rings. The number of benzene rings is 2. The van der Waals surface area contributed by atoms with Gasteiger partial charge in [-0.1, -0.05) is 0 Å². The third-order valence-electron chi connectivity index (χ3n) is 4.62. The van der Waals surface area contributed by atoms with E-state index in [1.54, 1.807) is 20.8 Å². The van der Waals surface area contributed by atoms with E-state index in [1.807, 2.05) is 0 Å². The molecule has 3 rings (SSSR count). The van der Waals surface area contributed by atoms with Gasteiger partial charge in [0.15, 0.2) is 5.76 Å². The molecule has 0 radical (unpaired) electrons. The van der Waals surface area contributed by atoms with E-state index in [9.17, 15) is 17.6 Å². The number of anilines is 1. The Kier molecular flexibility index (Phi) is 5.27. The Morgan fingerprint density at radius 3 is 2.39 bits per heavy atom. The third kappa shape index (κ3) is 3.65. The fraction of sp³-hybridized carbons (Fsp3) is 0.250. The molecule has 0 fully saturated rings. The summed E-state index contributed by atoms with van der Waals surface area (Å²) >= 11 is 0. The molecule has 1 N–H and O–H groups in total. The summed E-state index contributed by atoms with van der Waals surface area (Å²) in [6, 6.07) is 9.77. The summed E-state index contributed by atoms with van der Waals surface area (Å²) in [6.07, 6.45) is 0. The molecule has 0 saturated carbocycles. The number of rotatable bonds is 5. The number of carbonyl (C=O) groups excluding carboxylic acids is 1. The highest BCUT2D eigenvalue weighted by Crippen LogP contribution is 2.27. The molecule has 2 aromatic carbocycles. The van der Waals surface area contributed by atoms with Crippen LogP contribution < -0.4 is 5.32 Å². The van der Waals surface area contributed by atoms with Gasteiger partial charge in [0.2, 0.25) is 10.0 Å². The van der Waals surface area contributed by atoms with Crippen molar-refractivity contribution in [2.75, 3.05) is 12.4 Å². The predicted molar refractivity (Wildman–Crippen MR) is 105 cm³/mol. The monoisotopic (exact) mass is 404 g/mol. The Balaban J connectivity index is 1.83. The maximum atomic E-state index is 13.4. The van der Waals surface area contributed by atoms with Crippen molar-refractivity contribution in [3.05, 3.63) is 59.6 Å². The Labute approximate surface area is 163 Å². The number of hydrogen-bond donors (Lipinski definition) is 1. The van der Waals surface area contributed by atoms with Crippen LogP contribution in [-0.4, -0.2) is 31.7 Å². The van der Waals surface area contributed by atoms with Gasteiger partial charge in [0.25, 0.3) is 5.91 Å². The average Bonchev–Trinajstić information content (AvgIpc) is 2.97. The largest absolute Gasteiger partial charge is 0.451 e. The fourth-order valence-corrected chi connectivity index (χ4v) is 4.12. The molecule has 1 heterocycles. The SMILES string of the molecule is Cc1c(C(=O)Nc2ccc(S(=O)(=O)N(C)C(C)C)cc2)oc2ccc(F)cc12. The molecule has 1 aromatic heterocycles. The molecule has 1 amide bonds. The second kappa shape index (κ2) is 7.37. The topological polar surface area (TPSA) is 79.6 Å². The van der Waals surface area contributed by atoms with Crippen molar-refractivity contribution in [1.82, 2.24) is 4.31 Å². The van der Waals surface area contributed by atoms with Gasteiger partial charge >= 0.3 is 0 Å². The van der Waals surface area contributed by atoms with E-state index < -0.39 is 21.7 Å². The van der Waals surface area contributed by atoms with Crippen LogP contribution in [0.4, 0.5) is 10.1 Å². The highest BCUT2D eigenvalue weighted by molar-refractivity contribution is 7.89. The number of furan rings is 1. The normalized spacial score (nSPS) is 12.1. The number of halogens is 1. The van der Waals surface area contributed by atoms with Gasteiger partial charge in [-0.3, -0.25) is 4.79 Å². The summed E-state index contributed by atoms with van der Waals surface area (Å²) in [5, 5.41) is 3.20. The first-order chi connectivity index (χ1) is 13.1. The standard InChI is InChI=1S/C20H21FN2O4S/c1-12(2)23(4)28(25,26)16-8-6-15(7-9-16)22-20(24)19-13(3)17-11-14(21)5-10-18(17)27-19/h5-12H,1-4H3,(H,22,24). The van der Waals surface area contributed by atoms with Crippen molar-refractivity contribution in [2.45, 2.75) is 31.7 Å². The van der Waals surface area contributed by atoms with Crippen molar-refractivity contribution in [2.24, 2.45) is 0 Å². The van der Waals surface area contributed by atoms with Gasteiger partial charge in [-0.05, 0) is 63.2 Å². The minimum Gasteiger partial charge on any atom is -0.451 e. The average molecular weight is 404 g/mol. The van der Waals surface area contributed by atoms with E-state index in [4.69, 9.17) is 4.42 Å². The van der Waals surface area contributed by atoms with Crippen LogP contribution in [0.25, 0.3) is 11.0 Å². The van der Waals surface area contributed by atoms with Crippen LogP contribution in [0.15, 0.2) is 51.8 Å². The van der Waals surface area contributed by atoms with Crippen molar-refractivity contribution < 1.29 is 22.0 Å². The summed E-state index contributed by atoms with van der Waals surface area (Å²) in [4.78, 5) is 12.7. The predicted octanol–water partition coefficient (Wildman–Crippen LogP) is 4.16. The minimum absolute atomic E-state index is 0.0804. The molecule has 0 bridgehead atoms. The first-order valence-electron chi connectivity index (χ1n) is 8.69. The maximum Gasteiger partial charge on any atom is 0.291 e. The highest BCUT2D eigenvalue weighted by atomic mass is 32.2. The number of sulfonamides is 1. The van der Waals surface area contributed by atoms with E-state index in [-0.39, 0.29) is 16.7 Å². The molecule has 28 heavy (non-hydrogen) atoms. The number of carbonyl (C=O) groups is 1. The van der Waals surface area contributed by atoms with Crippen LogP contribution in [0, 0.1) is 12.7 Å². The molecular formula is C20H21FN2O4S. The smallest absolute Gasteiger partial charge is 0.291 e. The summed E-state index contributed by atoms with van der Waals surface area (Å²) in [5.41, 5.74) is 1.37. The molecular weight excluding hydrogens is 383 g/mol. The van der Waals surface area contributed by atoms with Crippen molar-refractivity contribution in [1.29, 1.82) is 0 Å². The van der Waals surface area contributed by atoms with Crippen molar-refractivity contribution in [3.8, 4) is 0 Å². The third-order valence-corrected chi connectivity index (χ3v) is 6.67. The quantitative estimate of drug-likeness (QED) is 0.692. The summed E-state index contributed by atoms with van der Waals surface area (Å²) in [5.74, 6) is -0.827. The molecule has 148 valence electrons. The van der Waals surface area contributed by atoms with Gasteiger partial charge in [0.05, 0.1) is 4.90 Å². The molecule has 0 atom stereocenters. The van der Waals surface area contributed by atoms with Crippen LogP contribution in [0.5, 0.6) is 0 Å². The zero-order valence-electron chi connectivity index (χ0n) is 16.0. The lowest BCUT2D eigenvalue weighted by atomic mass is 10.1. The van der Waals surface area contributed by atoms with Crippen LogP contribution >= 0.6 is 0 Å². The molecule has 8 heteroatoms. The van der Waals surface area contributed by atoms with E-state index in [1.165, 1.54) is 53.8 Å². The Bertz CT molecular complexity index is 1130. The van der Waals surface area contributed by atoms with Gasteiger partial charge in [-0.15, -0.1) is 0 Å². The van der Waals surface area contributed by atoms with Gasteiger partial charge in [-0.25, -0.2) is 12.8 Å². The van der Waals surface area contributed by atoms with Gasteiger partial charge in [0.1, 0.15) is 11.4 Å². The van der Waals surface area contributed by atoms with Gasteiger partial charge in [-0.2, -0.15) is 4.31 Å². The van der Waals surface area contributed by atoms with Gasteiger partial charge in [0, 0.05) is 29.7 Å². The number of aryl methyl sites for hydroxylation is 1. The molecule has 6 nitrogen and oxygen atoms in total. The van der Waals surface area contributed by atoms with Crippen LogP contribution in [0.2, 0.25) is 0 Å². The van der Waals surface area contributed by atoms with E-state index in [0.717, 1.165) is 0 Å². The first kappa shape index (κ1) is 20.0. The van der Waals surface area contributed by atoms with E-state index in [0.29, 0.717) is 22.2 Å². The van der Waals surface area contributed by atoms with E-state index in [2.05, 4.69) is 5.32 Å². The van der Waals surface area contributed by atoms with Crippen molar-refractivity contribution in [3.63, 3.8) is 0 Å². The summed E-state index contributed by atoms with van der Waals surface area (Å²) in [7, 11) is -2.08. The number of hydrogen-bond acceptors (Lipinski definition) is 4. The van der Waals surface area contributed by atoms with E-state index >= 15 is 0 Å². The minimum atomic E-state index is -3.60. The van der Waals surface area contributed by atoms with Crippen LogP contribution in [-0.2, 0) is 10.0 Å². The molecule has 0 aliphatic carbocycles. The number of fused-ring (bicyclic) bond motifs is 1. The Morgan fingerprint density at radius 2 is 1.79 bits per heavy atom. The Hall–Kier alpha value is -2.71. The number of amides is 1. The maximum absolute atomic E-state index is 13.4. The molecule has 0 aliphatic heterocycles. The lowest BCUT2D eigenvalue weighted by Crippen LogP contribution is -2.33. The number of nitrogens with one attached hydrogen (secondary N) is 1. The second-order valence-corrected chi connectivity index (χ2v) is 8.79. The zero-order valence-corrected chi connectivity index (χ0v) is 16.8. The fourth-order valence-electron chi connectivity index (χ4n) is 2.75. The lowest BCUT2D eigenvalue weighted by Gasteiger charge is -2.21. The second-order valence-electron chi connectivity index (χ2n) is 6.79. The van der Waals surface area contributed by atoms with Crippen LogP contribution in [0.1, 0.15) is 30.0 Å². The van der Waals surface area contributed by atoms with Crippen molar-refractivity contribution >= 4 is 32.6 Å². The molecule has 0 spiro atoms. The molecule has 3 aromatic rings. The Morgan fingerprint density at radius 1 is 1.14 bits per heavy atom. The highest BCUT2D eigenvalue weighted by Gasteiger charge is 2.23. The molecule has 0 saturated heterocycles. The zero-order chi connectivity index (χ0) is 20.6. The number of nitrogens with zero attached hydrogens (tertiary/aromatic N) is 1. The van der Waals surface area contributed by atoms with Crippen LogP contribution in [0.3, 0.4) is 0 Å². The first-order valence-corrected chi connectivity index (χ1v) is 10.1. The summed E-state index contributed by atoms with van der Waals surface area (Å²) in [6.45, 7) is 5.25. The van der Waals surface area contributed by atoms with Gasteiger partial charge < -0.3 is 9.73 Å². The lowest BCUT2D eigenvalue weighted by molar-refractivity contribution is 0.0998. The molecule has 0 unspecified atom stereocenters. The summed E-state index contributed by atoms with van der Waals surface area (Å²) < 4.78 is 45.2.